The quantitative estimate of drug-likeness (QED) is 0.637. The fourth-order valence-corrected chi connectivity index (χ4v) is 2.85. The van der Waals surface area contributed by atoms with E-state index in [1.54, 1.807) is 18.2 Å². The standard InChI is InChI=1S/C17H16F2INO3/c1-10-6-7-14(11(2)8-10)23-9-12-4-3-5-13(20)15(12)21-17(22)24-16(18)19/h3-8,16H,9H2,1-2H3,(H,21,22). The molecule has 0 radical (unpaired) electrons. The molecule has 0 unspecified atom stereocenters. The summed E-state index contributed by atoms with van der Waals surface area (Å²) < 4.78 is 34.6. The first-order valence-electron chi connectivity index (χ1n) is 7.10. The molecule has 0 fully saturated rings. The van der Waals surface area contributed by atoms with Gasteiger partial charge < -0.3 is 9.47 Å². The van der Waals surface area contributed by atoms with Crippen LogP contribution in [0.1, 0.15) is 16.7 Å². The van der Waals surface area contributed by atoms with E-state index in [4.69, 9.17) is 4.74 Å². The third kappa shape index (κ3) is 5.05. The number of alkyl halides is 2. The van der Waals surface area contributed by atoms with Crippen molar-refractivity contribution in [3.8, 4) is 5.75 Å². The van der Waals surface area contributed by atoms with Crippen LogP contribution in [0, 0.1) is 17.4 Å². The van der Waals surface area contributed by atoms with Crippen molar-refractivity contribution in [2.45, 2.75) is 27.1 Å². The lowest BCUT2D eigenvalue weighted by molar-refractivity contribution is -0.0766. The van der Waals surface area contributed by atoms with Gasteiger partial charge in [0.1, 0.15) is 12.4 Å². The van der Waals surface area contributed by atoms with Crippen LogP contribution in [0.2, 0.25) is 0 Å². The minimum atomic E-state index is -3.17. The van der Waals surface area contributed by atoms with E-state index < -0.39 is 12.7 Å². The highest BCUT2D eigenvalue weighted by Gasteiger charge is 2.15. The van der Waals surface area contributed by atoms with Gasteiger partial charge in [-0.05, 0) is 54.1 Å². The monoisotopic (exact) mass is 447 g/mol. The zero-order chi connectivity index (χ0) is 17.7. The molecule has 0 saturated carbocycles. The second kappa shape index (κ2) is 8.27. The average molecular weight is 447 g/mol. The maximum atomic E-state index is 12.1. The summed E-state index contributed by atoms with van der Waals surface area (Å²) in [6, 6.07) is 11.1. The van der Waals surface area contributed by atoms with Gasteiger partial charge in [-0.3, -0.25) is 5.32 Å². The van der Waals surface area contributed by atoms with E-state index in [0.717, 1.165) is 16.9 Å². The highest BCUT2D eigenvalue weighted by atomic mass is 127. The van der Waals surface area contributed by atoms with E-state index in [1.165, 1.54) is 0 Å². The van der Waals surface area contributed by atoms with Gasteiger partial charge in [0.05, 0.1) is 5.69 Å². The van der Waals surface area contributed by atoms with Crippen molar-refractivity contribution in [3.63, 3.8) is 0 Å². The molecule has 2 rings (SSSR count). The summed E-state index contributed by atoms with van der Waals surface area (Å²) in [6.45, 7) is 0.954. The number of carbonyl (C=O) groups is 1. The number of anilines is 1. The Morgan fingerprint density at radius 3 is 2.67 bits per heavy atom. The van der Waals surface area contributed by atoms with Crippen LogP contribution in [0.5, 0.6) is 5.75 Å². The van der Waals surface area contributed by atoms with Gasteiger partial charge in [0, 0.05) is 9.13 Å². The van der Waals surface area contributed by atoms with Crippen molar-refractivity contribution in [1.29, 1.82) is 0 Å². The molecule has 0 aliphatic heterocycles. The SMILES string of the molecule is Cc1ccc(OCc2cccc(I)c2NC(=O)OC(F)F)c(C)c1. The van der Waals surface area contributed by atoms with E-state index in [1.807, 2.05) is 54.6 Å². The Morgan fingerprint density at radius 1 is 1.25 bits per heavy atom. The zero-order valence-corrected chi connectivity index (χ0v) is 15.3. The summed E-state index contributed by atoms with van der Waals surface area (Å²) in [5.41, 5.74) is 3.18. The predicted octanol–water partition coefficient (Wildman–Crippen LogP) is 5.26. The molecule has 4 nitrogen and oxygen atoms in total. The van der Waals surface area contributed by atoms with Gasteiger partial charge in [-0.2, -0.15) is 8.78 Å². The summed E-state index contributed by atoms with van der Waals surface area (Å²) >= 11 is 2.01. The first-order valence-corrected chi connectivity index (χ1v) is 8.18. The number of rotatable bonds is 5. The fourth-order valence-electron chi connectivity index (χ4n) is 2.16. The molecule has 0 aliphatic carbocycles. The minimum Gasteiger partial charge on any atom is -0.489 e. The fraction of sp³-hybridized carbons (Fsp3) is 0.235. The van der Waals surface area contributed by atoms with Crippen molar-refractivity contribution in [2.75, 3.05) is 5.32 Å². The molecule has 0 atom stereocenters. The van der Waals surface area contributed by atoms with Gasteiger partial charge in [-0.25, -0.2) is 4.79 Å². The van der Waals surface area contributed by atoms with Gasteiger partial charge in [0.25, 0.3) is 0 Å². The lowest BCUT2D eigenvalue weighted by Gasteiger charge is -2.15. The molecule has 128 valence electrons. The van der Waals surface area contributed by atoms with Crippen molar-refractivity contribution < 1.29 is 23.0 Å². The Morgan fingerprint density at radius 2 is 2.00 bits per heavy atom. The number of carbonyl (C=O) groups excluding carboxylic acids is 1. The van der Waals surface area contributed by atoms with Crippen LogP contribution in [-0.4, -0.2) is 12.7 Å². The second-order valence-electron chi connectivity index (χ2n) is 5.12. The largest absolute Gasteiger partial charge is 0.489 e. The van der Waals surface area contributed by atoms with Crippen molar-refractivity contribution >= 4 is 34.4 Å². The van der Waals surface area contributed by atoms with Crippen molar-refractivity contribution in [2.24, 2.45) is 0 Å². The minimum absolute atomic E-state index is 0.186. The highest BCUT2D eigenvalue weighted by Crippen LogP contribution is 2.26. The maximum absolute atomic E-state index is 12.1. The molecule has 1 amide bonds. The Hall–Kier alpha value is -1.90. The van der Waals surface area contributed by atoms with E-state index in [9.17, 15) is 13.6 Å². The Bertz CT molecular complexity index is 738. The first-order chi connectivity index (χ1) is 11.4. The predicted molar refractivity (Wildman–Crippen MR) is 95.5 cm³/mol. The summed E-state index contributed by atoms with van der Waals surface area (Å²) in [6.07, 6.45) is -1.21. The van der Waals surface area contributed by atoms with Crippen LogP contribution in [0.3, 0.4) is 0 Å². The summed E-state index contributed by atoms with van der Waals surface area (Å²) in [4.78, 5) is 11.4. The van der Waals surface area contributed by atoms with E-state index in [0.29, 0.717) is 14.8 Å². The summed E-state index contributed by atoms with van der Waals surface area (Å²) in [5.74, 6) is 0.723. The van der Waals surface area contributed by atoms with Crippen LogP contribution in [0.15, 0.2) is 36.4 Å². The molecule has 2 aromatic carbocycles. The molecule has 0 spiro atoms. The number of amides is 1. The van der Waals surface area contributed by atoms with Crippen molar-refractivity contribution in [3.05, 3.63) is 56.7 Å². The Balaban J connectivity index is 2.15. The Kier molecular flexibility index (Phi) is 6.36. The number of nitrogens with one attached hydrogen (secondary N) is 1. The lowest BCUT2D eigenvalue weighted by Crippen LogP contribution is -2.18. The third-order valence-corrected chi connectivity index (χ3v) is 4.14. The van der Waals surface area contributed by atoms with Gasteiger partial charge in [-0.1, -0.05) is 29.8 Å². The van der Waals surface area contributed by atoms with Crippen LogP contribution < -0.4 is 10.1 Å². The van der Waals surface area contributed by atoms with Crippen LogP contribution >= 0.6 is 22.6 Å². The van der Waals surface area contributed by atoms with Crippen LogP contribution in [0.25, 0.3) is 0 Å². The highest BCUT2D eigenvalue weighted by molar-refractivity contribution is 14.1. The number of ether oxygens (including phenoxy) is 2. The molecule has 0 bridgehead atoms. The van der Waals surface area contributed by atoms with E-state index >= 15 is 0 Å². The molecule has 7 heteroatoms. The molecular formula is C17H16F2INO3. The average Bonchev–Trinajstić information content (AvgIpc) is 2.48. The normalized spacial score (nSPS) is 10.6. The van der Waals surface area contributed by atoms with Gasteiger partial charge >= 0.3 is 12.7 Å². The first kappa shape index (κ1) is 18.4. The van der Waals surface area contributed by atoms with Gasteiger partial charge in [0.2, 0.25) is 0 Å². The molecule has 1 N–H and O–H groups in total. The molecule has 2 aromatic rings. The topological polar surface area (TPSA) is 47.6 Å². The molecule has 0 aliphatic rings. The van der Waals surface area contributed by atoms with E-state index in [2.05, 4.69) is 10.1 Å². The smallest absolute Gasteiger partial charge is 0.416 e. The number of hydrogen-bond acceptors (Lipinski definition) is 3. The van der Waals surface area contributed by atoms with Gasteiger partial charge in [-0.15, -0.1) is 0 Å². The molecular weight excluding hydrogens is 431 g/mol. The summed E-state index contributed by atoms with van der Waals surface area (Å²) in [5, 5.41) is 2.34. The third-order valence-electron chi connectivity index (χ3n) is 3.24. The van der Waals surface area contributed by atoms with Gasteiger partial charge in [0.15, 0.2) is 0 Å². The molecule has 0 aromatic heterocycles. The summed E-state index contributed by atoms with van der Waals surface area (Å²) in [7, 11) is 0. The lowest BCUT2D eigenvalue weighted by atomic mass is 10.1. The maximum Gasteiger partial charge on any atom is 0.416 e. The number of aryl methyl sites for hydroxylation is 2. The molecule has 24 heavy (non-hydrogen) atoms. The zero-order valence-electron chi connectivity index (χ0n) is 13.1. The number of halogens is 3. The Labute approximate surface area is 152 Å². The van der Waals surface area contributed by atoms with Crippen LogP contribution in [-0.2, 0) is 11.3 Å². The molecule has 0 heterocycles. The number of hydrogen-bond donors (Lipinski definition) is 1. The number of para-hydroxylation sites is 1. The molecule has 0 saturated heterocycles. The van der Waals surface area contributed by atoms with Crippen LogP contribution in [0.4, 0.5) is 19.3 Å². The van der Waals surface area contributed by atoms with Crippen molar-refractivity contribution in [1.82, 2.24) is 0 Å². The number of benzene rings is 2. The second-order valence-corrected chi connectivity index (χ2v) is 6.28. The van der Waals surface area contributed by atoms with E-state index in [-0.39, 0.29) is 6.61 Å².